The molecule has 18 nitrogen and oxygen atoms in total. The predicted octanol–water partition coefficient (Wildman–Crippen LogP) is 11.9. The molecule has 2 aliphatic carbocycles. The third kappa shape index (κ3) is 16.8. The average molecular weight is 1350 g/mol. The molecule has 4 fully saturated rings. The summed E-state index contributed by atoms with van der Waals surface area (Å²) in [5.74, 6) is -1.40. The van der Waals surface area contributed by atoms with Crippen molar-refractivity contribution >= 4 is 58.6 Å². The molecule has 0 unspecified atom stereocenters. The summed E-state index contributed by atoms with van der Waals surface area (Å²) >= 11 is 0. The van der Waals surface area contributed by atoms with E-state index in [4.69, 9.17) is 18.9 Å². The first-order chi connectivity index (χ1) is 41.9. The summed E-state index contributed by atoms with van der Waals surface area (Å²) in [6.07, 6.45) is 4.88. The molecular weight excluding hydrogens is 1270 g/mol. The quantitative estimate of drug-likeness (QED) is 0.141. The second-order valence-electron chi connectivity index (χ2n) is 27.5. The fraction of sp³-hybridized carbons (Fsp3) is 0.662. The SMILES string of the molecule is C[C@@H]1[C@@H]2CN(C(=O)[C@H](C(C)(C)C)NC(=O)O[C@@H]3CCC[C@H]3CCCCCc3nc4ccc(C(F)(F)F)cc4nc3O2)[C@@H]1[C-]=O.C[C@@H]1[C@@H]2CN(C(=O)[C@H](C(C)(C)C)NC(=O)O[C@]3(C)CCC[C@H]3CCCCCc3nc4ccc(C(F)(F)F)cc4nc3O2)[C@@H]1[C-]=O.[V].[V]. The number of nitrogens with zero attached hydrogens (tertiary/aromatic N) is 6. The molecule has 4 amide bonds. The molecule has 4 aromatic rings. The van der Waals surface area contributed by atoms with Gasteiger partial charge in [0.05, 0.1) is 46.3 Å². The molecule has 26 heteroatoms. The van der Waals surface area contributed by atoms with Crippen molar-refractivity contribution in [1.29, 1.82) is 0 Å². The molecule has 6 aliphatic rings. The minimum Gasteiger partial charge on any atom is -0.540 e. The van der Waals surface area contributed by atoms with Crippen LogP contribution in [0.3, 0.4) is 0 Å². The number of aromatic nitrogens is 4. The zero-order valence-electron chi connectivity index (χ0n) is 53.0. The fourth-order valence-corrected chi connectivity index (χ4v) is 13.6. The Bertz CT molecular complexity index is 3280. The van der Waals surface area contributed by atoms with Crippen molar-refractivity contribution in [3.8, 4) is 11.8 Å². The maximum Gasteiger partial charge on any atom is 0.416 e. The Hall–Kier alpha value is -5.71. The number of rotatable bonds is 2. The third-order valence-electron chi connectivity index (χ3n) is 18.9. The van der Waals surface area contributed by atoms with Gasteiger partial charge in [0.2, 0.25) is 23.6 Å². The predicted molar refractivity (Wildman–Crippen MR) is 316 cm³/mol. The standard InChI is InChI=1S/C33H42F3N4O5.C32H40F3N4O5.2V/c1-19-25(18-41)40-17-26(19)44-28-23(37-22-14-13-21(33(34,35)36)16-24(22)38-28)12-8-6-7-10-20-11-9-15-32(20,5)45-30(43)39-27(29(40)42)31(2,3)4;1-18-24(17-40)39-16-26(18)43-28-22(36-21-14-13-20(32(33,34)35)15-23(21)37-28)11-7-5-6-9-19-10-8-12-25(19)44-30(42)38-27(29(39)41)31(2,3)4;;/h13-14,16,19-20,25-27H,6-12,15,17H2,1-5H3,(H,39,43);13-15,18-19,24-27H,5-12,16H2,1-4H3,(H,38,42);;/q2*-1;;/t19-,20+,25+,26-,27+,32+;18-,19+,24+,25+,26-,27+;;/m00../s1. The summed E-state index contributed by atoms with van der Waals surface area (Å²) in [4.78, 5) is 99.8. The molecule has 2 aromatic heterocycles. The molecule has 12 atom stereocenters. The number of benzene rings is 2. The molecule has 10 rings (SSSR count). The molecule has 6 heterocycles. The number of carbonyl (C=O) groups excluding carboxylic acids is 6. The molecule has 4 aliphatic heterocycles. The Morgan fingerprint density at radius 3 is 1.43 bits per heavy atom. The van der Waals surface area contributed by atoms with Crippen molar-refractivity contribution < 1.29 is 111 Å². The monoisotopic (exact) mass is 1350 g/mol. The van der Waals surface area contributed by atoms with Gasteiger partial charge in [-0.3, -0.25) is 9.59 Å². The molecule has 4 bridgehead atoms. The van der Waals surface area contributed by atoms with Gasteiger partial charge < -0.3 is 49.0 Å². The number of carbonyl (C=O) groups is 4. The number of nitrogens with one attached hydrogen (secondary N) is 2. The number of hydrogen-bond acceptors (Lipinski definition) is 14. The zero-order chi connectivity index (χ0) is 64.5. The van der Waals surface area contributed by atoms with E-state index in [2.05, 4.69) is 30.6 Å². The van der Waals surface area contributed by atoms with Crippen molar-refractivity contribution in [2.24, 2.45) is 34.5 Å². The number of alkyl halides is 6. The normalized spacial score (nSPS) is 29.1. The van der Waals surface area contributed by atoms with E-state index in [1.54, 1.807) is 13.8 Å². The molecule has 2 aromatic carbocycles. The number of halogens is 6. The van der Waals surface area contributed by atoms with Crippen molar-refractivity contribution in [1.82, 2.24) is 40.4 Å². The van der Waals surface area contributed by atoms with Crippen molar-refractivity contribution in [3.05, 3.63) is 58.9 Å². The number of amides is 4. The van der Waals surface area contributed by atoms with E-state index in [-0.39, 0.29) is 90.9 Å². The Kier molecular flexibility index (Phi) is 23.4. The minimum atomic E-state index is -4.55. The smallest absolute Gasteiger partial charge is 0.416 e. The molecule has 2 saturated carbocycles. The Morgan fingerprint density at radius 2 is 0.978 bits per heavy atom. The molecular formula is C65H82F6N8O10V2-2. The van der Waals surface area contributed by atoms with Crippen molar-refractivity contribution in [2.75, 3.05) is 13.1 Å². The van der Waals surface area contributed by atoms with Gasteiger partial charge in [-0.25, -0.2) is 42.1 Å². The number of ether oxygens (including phenoxy) is 4. The van der Waals surface area contributed by atoms with Gasteiger partial charge in [0.25, 0.3) is 0 Å². The summed E-state index contributed by atoms with van der Waals surface area (Å²) in [5.41, 5.74) is -2.02. The number of fused-ring (bicyclic) bond motifs is 10. The topological polar surface area (TPSA) is 221 Å². The Morgan fingerprint density at radius 1 is 0.538 bits per heavy atom. The van der Waals surface area contributed by atoms with Gasteiger partial charge in [-0.1, -0.05) is 93.2 Å². The van der Waals surface area contributed by atoms with Crippen molar-refractivity contribution in [2.45, 2.75) is 225 Å². The van der Waals surface area contributed by atoms with Gasteiger partial charge in [-0.05, 0) is 155 Å². The summed E-state index contributed by atoms with van der Waals surface area (Å²) in [6, 6.07) is 2.56. The first kappa shape index (κ1) is 72.7. The first-order valence-corrected chi connectivity index (χ1v) is 31.3. The maximum atomic E-state index is 14.0. The maximum absolute atomic E-state index is 14.0. The molecule has 2 saturated heterocycles. The van der Waals surface area contributed by atoms with E-state index < -0.39 is 112 Å². The molecule has 2 radical (unpaired) electrons. The number of aryl methyl sites for hydroxylation is 2. The summed E-state index contributed by atoms with van der Waals surface area (Å²) < 4.78 is 105. The van der Waals surface area contributed by atoms with Gasteiger partial charge in [-0.2, -0.15) is 26.3 Å². The van der Waals surface area contributed by atoms with Gasteiger partial charge in [0, 0.05) is 37.1 Å². The van der Waals surface area contributed by atoms with Gasteiger partial charge >= 0.3 is 24.5 Å². The molecule has 0 spiro atoms. The fourth-order valence-electron chi connectivity index (χ4n) is 13.6. The summed E-state index contributed by atoms with van der Waals surface area (Å²) in [6.45, 7) is 16.4. The van der Waals surface area contributed by atoms with Crippen LogP contribution in [0.15, 0.2) is 36.4 Å². The van der Waals surface area contributed by atoms with E-state index in [1.165, 1.54) is 21.9 Å². The van der Waals surface area contributed by atoms with Crippen LogP contribution >= 0.6 is 0 Å². The third-order valence-corrected chi connectivity index (χ3v) is 18.9. The second-order valence-corrected chi connectivity index (χ2v) is 27.5. The van der Waals surface area contributed by atoms with Crippen LogP contribution in [0.4, 0.5) is 35.9 Å². The van der Waals surface area contributed by atoms with Gasteiger partial charge in [-0.15, -0.1) is 0 Å². The molecule has 496 valence electrons. The van der Waals surface area contributed by atoms with Crippen LogP contribution in [0.25, 0.3) is 22.1 Å². The molecule has 91 heavy (non-hydrogen) atoms. The Balaban J connectivity index is 0.000000253. The van der Waals surface area contributed by atoms with Crippen LogP contribution in [-0.4, -0.2) is 127 Å². The summed E-state index contributed by atoms with van der Waals surface area (Å²) in [7, 11) is 0. The minimum absolute atomic E-state index is 0. The average Bonchev–Trinajstić information content (AvgIpc) is 1.91. The molecule has 2 N–H and O–H groups in total. The Labute approximate surface area is 551 Å². The van der Waals surface area contributed by atoms with Crippen molar-refractivity contribution in [3.63, 3.8) is 0 Å². The second kappa shape index (κ2) is 29.3. The van der Waals surface area contributed by atoms with Crippen LogP contribution in [-0.2, 0) is 91.0 Å². The van der Waals surface area contributed by atoms with Crippen LogP contribution in [0.5, 0.6) is 11.8 Å². The van der Waals surface area contributed by atoms with E-state index in [9.17, 15) is 55.1 Å². The van der Waals surface area contributed by atoms with E-state index in [0.29, 0.717) is 35.3 Å². The number of alkyl carbamates (subject to hydrolysis) is 2. The van der Waals surface area contributed by atoms with E-state index in [1.807, 2.05) is 61.0 Å². The summed E-state index contributed by atoms with van der Waals surface area (Å²) in [5, 5.41) is 5.59. The first-order valence-electron chi connectivity index (χ1n) is 31.3. The van der Waals surface area contributed by atoms with E-state index in [0.717, 1.165) is 114 Å². The zero-order valence-corrected chi connectivity index (χ0v) is 55.8. The van der Waals surface area contributed by atoms with Crippen LogP contribution in [0, 0.1) is 34.5 Å². The largest absolute Gasteiger partial charge is 0.540 e. The number of hydrogen-bond donors (Lipinski definition) is 2. The van der Waals surface area contributed by atoms with Crippen LogP contribution in [0.2, 0.25) is 0 Å². The van der Waals surface area contributed by atoms with Crippen LogP contribution < -0.4 is 20.1 Å². The van der Waals surface area contributed by atoms with Crippen LogP contribution in [0.1, 0.15) is 175 Å². The van der Waals surface area contributed by atoms with Gasteiger partial charge in [0.15, 0.2) is 0 Å². The van der Waals surface area contributed by atoms with E-state index >= 15 is 0 Å². The van der Waals surface area contributed by atoms with Gasteiger partial charge in [0.1, 0.15) is 47.4 Å².